The molecule has 3 nitrogen and oxygen atoms in total. The Morgan fingerprint density at radius 1 is 1.13 bits per heavy atom. The zero-order valence-corrected chi connectivity index (χ0v) is 15.8. The molecule has 2 aromatic heterocycles. The Hall–Kier alpha value is -2.12. The molecule has 120 valence electrons. The second-order valence-electron chi connectivity index (χ2n) is 7.41. The van der Waals surface area contributed by atoms with Gasteiger partial charge in [0.1, 0.15) is 8.07 Å². The zero-order valence-electron chi connectivity index (χ0n) is 14.8. The first kappa shape index (κ1) is 17.2. The van der Waals surface area contributed by atoms with Gasteiger partial charge in [-0.05, 0) is 30.2 Å². The van der Waals surface area contributed by atoms with Crippen molar-refractivity contribution in [2.75, 3.05) is 0 Å². The Morgan fingerprint density at radius 3 is 2.39 bits per heavy atom. The third kappa shape index (κ3) is 3.99. The molecule has 0 atom stereocenters. The summed E-state index contributed by atoms with van der Waals surface area (Å²) in [6.45, 7) is 13.2. The van der Waals surface area contributed by atoms with Crippen molar-refractivity contribution >= 4 is 8.07 Å². The molecule has 0 aliphatic carbocycles. The number of aryl methyl sites for hydroxylation is 1. The van der Waals surface area contributed by atoms with E-state index in [0.29, 0.717) is 0 Å². The first-order valence-corrected chi connectivity index (χ1v) is 10.8. The van der Waals surface area contributed by atoms with Crippen molar-refractivity contribution in [2.45, 2.75) is 45.8 Å². The number of aromatic nitrogens is 2. The van der Waals surface area contributed by atoms with Crippen LogP contribution in [0.4, 0.5) is 0 Å². The summed E-state index contributed by atoms with van der Waals surface area (Å²) in [6.07, 6.45) is 3.51. The smallest absolute Gasteiger partial charge is 0.255 e. The van der Waals surface area contributed by atoms with Crippen LogP contribution in [0.3, 0.4) is 0 Å². The normalized spacial score (nSPS) is 11.7. The van der Waals surface area contributed by atoms with E-state index in [1.165, 1.54) is 0 Å². The molecule has 0 radical (unpaired) electrons. The first-order chi connectivity index (χ1) is 10.6. The van der Waals surface area contributed by atoms with Crippen molar-refractivity contribution in [1.82, 2.24) is 9.55 Å². The van der Waals surface area contributed by atoms with Crippen LogP contribution < -0.4 is 5.56 Å². The number of hydrogen-bond donors (Lipinski definition) is 0. The van der Waals surface area contributed by atoms with Gasteiger partial charge in [0.25, 0.3) is 5.56 Å². The van der Waals surface area contributed by atoms with Gasteiger partial charge in [-0.3, -0.25) is 14.3 Å². The number of hydrogen-bond acceptors (Lipinski definition) is 2. The van der Waals surface area contributed by atoms with Gasteiger partial charge in [0.2, 0.25) is 0 Å². The van der Waals surface area contributed by atoms with Crippen LogP contribution in [0.5, 0.6) is 0 Å². The molecule has 0 amide bonds. The van der Waals surface area contributed by atoms with E-state index in [0.717, 1.165) is 16.9 Å². The summed E-state index contributed by atoms with van der Waals surface area (Å²) in [6, 6.07) is 7.15. The lowest BCUT2D eigenvalue weighted by Crippen LogP contribution is -2.35. The summed E-state index contributed by atoms with van der Waals surface area (Å²) in [5, 5.41) is 0.218. The van der Waals surface area contributed by atoms with Crippen LogP contribution in [0.25, 0.3) is 5.69 Å². The molecule has 0 bridgehead atoms. The van der Waals surface area contributed by atoms with Crippen molar-refractivity contribution in [3.05, 3.63) is 58.3 Å². The third-order valence-corrected chi connectivity index (χ3v) is 8.98. The third-order valence-electron chi connectivity index (χ3n) is 4.48. The lowest BCUT2D eigenvalue weighted by atomic mass is 10.2. The van der Waals surface area contributed by atoms with Crippen LogP contribution in [0.2, 0.25) is 18.1 Å². The molecule has 0 aliphatic heterocycles. The Bertz CT molecular complexity index is 815. The minimum Gasteiger partial charge on any atom is -0.282 e. The predicted octanol–water partition coefficient (Wildman–Crippen LogP) is 3.94. The quantitative estimate of drug-likeness (QED) is 0.588. The van der Waals surface area contributed by atoms with Crippen LogP contribution in [0, 0.1) is 18.4 Å². The van der Waals surface area contributed by atoms with E-state index >= 15 is 0 Å². The first-order valence-electron chi connectivity index (χ1n) is 7.79. The summed E-state index contributed by atoms with van der Waals surface area (Å²) >= 11 is 0. The van der Waals surface area contributed by atoms with E-state index in [1.54, 1.807) is 29.1 Å². The largest absolute Gasteiger partial charge is 0.282 e. The molecule has 4 heteroatoms. The highest BCUT2D eigenvalue weighted by Crippen LogP contribution is 2.35. The maximum atomic E-state index is 12.1. The standard InChI is InChI=1S/C19H24N2OSi/c1-15-7-9-17(13-20-15)21-14-16(8-10-18(21)22)11-12-23(5,6)19(2,3)4/h7-10,13-14H,1-6H3. The van der Waals surface area contributed by atoms with Crippen LogP contribution >= 0.6 is 0 Å². The Morgan fingerprint density at radius 2 is 1.83 bits per heavy atom. The molecule has 0 unspecified atom stereocenters. The second-order valence-corrected chi connectivity index (χ2v) is 12.4. The SMILES string of the molecule is Cc1ccc(-n2cc(C#C[Si](C)(C)C(C)(C)C)ccc2=O)cn1. The average Bonchev–Trinajstić information content (AvgIpc) is 2.46. The highest BCUT2D eigenvalue weighted by atomic mass is 28.3. The highest BCUT2D eigenvalue weighted by Gasteiger charge is 2.33. The van der Waals surface area contributed by atoms with Crippen molar-refractivity contribution < 1.29 is 0 Å². The molecular weight excluding hydrogens is 300 g/mol. The molecule has 0 aromatic carbocycles. The van der Waals surface area contributed by atoms with Crippen LogP contribution in [0.15, 0.2) is 41.5 Å². The van der Waals surface area contributed by atoms with E-state index in [4.69, 9.17) is 0 Å². The number of pyridine rings is 2. The van der Waals surface area contributed by atoms with Gasteiger partial charge >= 0.3 is 0 Å². The van der Waals surface area contributed by atoms with Gasteiger partial charge in [0.05, 0.1) is 11.9 Å². The second kappa shape index (κ2) is 6.17. The summed E-state index contributed by atoms with van der Waals surface area (Å²) in [4.78, 5) is 16.4. The van der Waals surface area contributed by atoms with E-state index in [2.05, 4.69) is 50.3 Å². The molecule has 0 N–H and O–H groups in total. The van der Waals surface area contributed by atoms with Crippen LogP contribution in [-0.2, 0) is 0 Å². The lowest BCUT2D eigenvalue weighted by Gasteiger charge is -2.31. The average molecular weight is 325 g/mol. The summed E-state index contributed by atoms with van der Waals surface area (Å²) in [5.41, 5.74) is 5.95. The molecule has 2 rings (SSSR count). The van der Waals surface area contributed by atoms with Gasteiger partial charge in [-0.1, -0.05) is 39.8 Å². The maximum Gasteiger partial charge on any atom is 0.255 e. The fourth-order valence-corrected chi connectivity index (χ4v) is 2.61. The summed E-state index contributed by atoms with van der Waals surface area (Å²) < 4.78 is 1.60. The fraction of sp³-hybridized carbons (Fsp3) is 0.368. The minimum atomic E-state index is -1.67. The van der Waals surface area contributed by atoms with Crippen molar-refractivity contribution in [1.29, 1.82) is 0 Å². The fourth-order valence-electron chi connectivity index (χ4n) is 1.78. The molecular formula is C19H24N2OSi. The van der Waals surface area contributed by atoms with E-state index in [-0.39, 0.29) is 10.6 Å². The van der Waals surface area contributed by atoms with Gasteiger partial charge in [0.15, 0.2) is 0 Å². The van der Waals surface area contributed by atoms with Crippen molar-refractivity contribution in [3.63, 3.8) is 0 Å². The van der Waals surface area contributed by atoms with Gasteiger partial charge in [0, 0.05) is 23.5 Å². The number of rotatable bonds is 1. The monoisotopic (exact) mass is 324 g/mol. The van der Waals surface area contributed by atoms with Gasteiger partial charge in [-0.2, -0.15) is 0 Å². The molecule has 0 fully saturated rings. The topological polar surface area (TPSA) is 34.9 Å². The molecule has 0 saturated carbocycles. The maximum absolute atomic E-state index is 12.1. The Kier molecular flexibility index (Phi) is 4.62. The molecule has 2 heterocycles. The van der Waals surface area contributed by atoms with Crippen LogP contribution in [-0.4, -0.2) is 17.6 Å². The summed E-state index contributed by atoms with van der Waals surface area (Å²) in [7, 11) is -1.67. The Labute approximate surface area is 139 Å². The molecule has 0 spiro atoms. The zero-order chi connectivity index (χ0) is 17.3. The van der Waals surface area contributed by atoms with Gasteiger partial charge < -0.3 is 0 Å². The van der Waals surface area contributed by atoms with Crippen molar-refractivity contribution in [2.24, 2.45) is 0 Å². The van der Waals surface area contributed by atoms with Crippen LogP contribution in [0.1, 0.15) is 32.0 Å². The predicted molar refractivity (Wildman–Crippen MR) is 98.6 cm³/mol. The Balaban J connectivity index is 2.43. The molecule has 23 heavy (non-hydrogen) atoms. The van der Waals surface area contributed by atoms with E-state index in [9.17, 15) is 4.79 Å². The molecule has 2 aromatic rings. The molecule has 0 aliphatic rings. The van der Waals surface area contributed by atoms with Gasteiger partial charge in [-0.15, -0.1) is 5.54 Å². The summed E-state index contributed by atoms with van der Waals surface area (Å²) in [5.74, 6) is 3.27. The molecule has 0 saturated heterocycles. The highest BCUT2D eigenvalue weighted by molar-refractivity contribution is 6.87. The van der Waals surface area contributed by atoms with E-state index in [1.807, 2.05) is 19.1 Å². The minimum absolute atomic E-state index is 0.0754. The lowest BCUT2D eigenvalue weighted by molar-refractivity contribution is 0.731. The van der Waals surface area contributed by atoms with Gasteiger partial charge in [-0.25, -0.2) is 0 Å². The van der Waals surface area contributed by atoms with E-state index < -0.39 is 8.07 Å². The van der Waals surface area contributed by atoms with Crippen molar-refractivity contribution in [3.8, 4) is 17.2 Å². The number of nitrogens with zero attached hydrogens (tertiary/aromatic N) is 2.